The number of hydrogen-bond donors (Lipinski definition) is 2. The zero-order valence-corrected chi connectivity index (χ0v) is 37.9. The average Bonchev–Trinajstić information content (AvgIpc) is 3.87. The minimum atomic E-state index is -0.993. The zero-order chi connectivity index (χ0) is 42.1. The Kier molecular flexibility index (Phi) is 10.9. The number of likely N-dealkylation sites (tertiary alicyclic amines) is 1. The first-order valence-electron chi connectivity index (χ1n) is 24.0. The third-order valence-corrected chi connectivity index (χ3v) is 19.4. The van der Waals surface area contributed by atoms with E-state index in [1.165, 1.54) is 107 Å². The van der Waals surface area contributed by atoms with Crippen LogP contribution >= 0.6 is 0 Å². The van der Waals surface area contributed by atoms with Gasteiger partial charge in [-0.3, -0.25) is 4.79 Å². The van der Waals surface area contributed by atoms with E-state index in [9.17, 15) is 9.90 Å². The van der Waals surface area contributed by atoms with Crippen molar-refractivity contribution in [3.63, 3.8) is 0 Å². The maximum atomic E-state index is 13.0. The fourth-order valence-electron chi connectivity index (χ4n) is 16.1. The summed E-state index contributed by atoms with van der Waals surface area (Å²) in [6.07, 6.45) is 24.1. The molecule has 0 amide bonds. The SMILES string of the molecule is C=C(C)[C@@H]1CC[C@]2(NCCN3CCCCC3)CC[C@]3(C)[C@H](CC[C@@H]4[C@@]5(C)CC=C(C6=CCC(COc7cnnn7-c7ccccc7)(C(=O)O)CC6)C(C)(C)[C@@H]5CC[C@]43C)[C@@H]12. The first-order chi connectivity index (χ1) is 28.7. The van der Waals surface area contributed by atoms with Crippen molar-refractivity contribution in [2.45, 2.75) is 143 Å². The molecule has 0 spiro atoms. The fraction of sp³-hybridized carbons (Fsp3) is 0.712. The number of rotatable bonds is 11. The van der Waals surface area contributed by atoms with Crippen molar-refractivity contribution >= 4 is 5.97 Å². The number of aromatic nitrogens is 3. The summed E-state index contributed by atoms with van der Waals surface area (Å²) >= 11 is 0. The number of benzene rings is 1. The number of aliphatic carboxylic acids is 1. The van der Waals surface area contributed by atoms with Crippen LogP contribution in [0.1, 0.15) is 138 Å². The van der Waals surface area contributed by atoms with E-state index >= 15 is 0 Å². The lowest BCUT2D eigenvalue weighted by atomic mass is 9.33. The summed E-state index contributed by atoms with van der Waals surface area (Å²) in [7, 11) is 0. The smallest absolute Gasteiger partial charge is 0.313 e. The van der Waals surface area contributed by atoms with Gasteiger partial charge in [-0.25, -0.2) is 0 Å². The van der Waals surface area contributed by atoms with Gasteiger partial charge in [0.15, 0.2) is 0 Å². The van der Waals surface area contributed by atoms with E-state index in [-0.39, 0.29) is 23.0 Å². The van der Waals surface area contributed by atoms with E-state index in [1.807, 2.05) is 30.3 Å². The number of fused-ring (bicyclic) bond motifs is 7. The number of nitrogens with zero attached hydrogens (tertiary/aromatic N) is 4. The molecular formula is C52H75N5O3. The average molecular weight is 818 g/mol. The molecule has 8 nitrogen and oxygen atoms in total. The molecule has 1 unspecified atom stereocenters. The Bertz CT molecular complexity index is 2000. The van der Waals surface area contributed by atoms with E-state index in [4.69, 9.17) is 4.74 Å². The van der Waals surface area contributed by atoms with Gasteiger partial charge in [0.1, 0.15) is 18.2 Å². The second-order valence-electron chi connectivity index (χ2n) is 22.3. The van der Waals surface area contributed by atoms with Crippen LogP contribution in [0.3, 0.4) is 0 Å². The number of carbonyl (C=O) groups is 1. The molecule has 8 heteroatoms. The Morgan fingerprint density at radius 3 is 2.40 bits per heavy atom. The summed E-state index contributed by atoms with van der Waals surface area (Å²) in [4.78, 5) is 15.7. The molecule has 10 atom stereocenters. The van der Waals surface area contributed by atoms with Crippen LogP contribution in [0.15, 0.2) is 72.0 Å². The van der Waals surface area contributed by atoms with Crippen molar-refractivity contribution < 1.29 is 14.6 Å². The number of hydrogen-bond acceptors (Lipinski definition) is 6. The quantitative estimate of drug-likeness (QED) is 0.218. The molecule has 2 N–H and O–H groups in total. The predicted octanol–water partition coefficient (Wildman–Crippen LogP) is 10.8. The molecule has 1 aliphatic heterocycles. The van der Waals surface area contributed by atoms with Gasteiger partial charge < -0.3 is 20.1 Å². The second kappa shape index (κ2) is 15.5. The van der Waals surface area contributed by atoms with E-state index in [1.54, 1.807) is 10.9 Å². The number of allylic oxidation sites excluding steroid dienone is 5. The molecule has 6 aliphatic carbocycles. The van der Waals surface area contributed by atoms with Crippen molar-refractivity contribution in [2.24, 2.45) is 56.7 Å². The van der Waals surface area contributed by atoms with Gasteiger partial charge in [-0.05, 0) is 184 Å². The fourth-order valence-corrected chi connectivity index (χ4v) is 16.1. The standard InChI is InChI=1S/C52H75N5O3/c1-36(2)39-20-27-52(53-30-33-56-31-12-9-13-32-56)29-28-49(6)41(45(39)52)16-17-43-48(5)23-21-40(47(3,4)42(48)22-24-50(43,49)7)37-18-25-51(26-19-37,46(58)59)35-60-44-34-54-55-57(44)38-14-10-8-11-15-38/h8,10-11,14-15,18,21,34,39,41-43,45,53H,1,9,12-13,16-17,19-20,22-33,35H2,2-7H3,(H,58,59)/t39-,41+,42-,43+,45+,48-,49+,50+,51?,52-/m0/s1. The van der Waals surface area contributed by atoms with Crippen molar-refractivity contribution in [1.29, 1.82) is 0 Å². The molecule has 7 aliphatic rings. The number of para-hydroxylation sites is 1. The highest BCUT2D eigenvalue weighted by Gasteiger charge is 2.70. The highest BCUT2D eigenvalue weighted by Crippen LogP contribution is 2.76. The van der Waals surface area contributed by atoms with Crippen LogP contribution in [-0.4, -0.2) is 69.3 Å². The van der Waals surface area contributed by atoms with Crippen LogP contribution < -0.4 is 10.1 Å². The lowest BCUT2D eigenvalue weighted by molar-refractivity contribution is -0.221. The molecule has 4 saturated carbocycles. The highest BCUT2D eigenvalue weighted by atomic mass is 16.5. The van der Waals surface area contributed by atoms with E-state index < -0.39 is 11.4 Å². The first kappa shape index (κ1) is 42.1. The molecule has 5 fully saturated rings. The first-order valence-corrected chi connectivity index (χ1v) is 24.0. The molecule has 0 bridgehead atoms. The van der Waals surface area contributed by atoms with Gasteiger partial charge in [0.05, 0.1) is 5.69 Å². The lowest BCUT2D eigenvalue weighted by Gasteiger charge is -2.72. The number of carboxylic acids is 1. The van der Waals surface area contributed by atoms with Gasteiger partial charge in [0, 0.05) is 18.6 Å². The Morgan fingerprint density at radius 2 is 1.68 bits per heavy atom. The van der Waals surface area contributed by atoms with Gasteiger partial charge >= 0.3 is 5.97 Å². The summed E-state index contributed by atoms with van der Waals surface area (Å²) in [5.74, 6) is 3.02. The van der Waals surface area contributed by atoms with Crippen LogP contribution in [0.25, 0.3) is 5.69 Å². The Hall–Kier alpha value is -3.23. The minimum absolute atomic E-state index is 0.0159. The molecule has 60 heavy (non-hydrogen) atoms. The lowest BCUT2D eigenvalue weighted by Crippen LogP contribution is -2.68. The van der Waals surface area contributed by atoms with Crippen LogP contribution in [0, 0.1) is 56.7 Å². The molecule has 2 aromatic rings. The van der Waals surface area contributed by atoms with Crippen molar-refractivity contribution in [2.75, 3.05) is 32.8 Å². The summed E-state index contributed by atoms with van der Waals surface area (Å²) < 4.78 is 7.87. The normalized spacial score (nSPS) is 39.9. The topological polar surface area (TPSA) is 92.5 Å². The third-order valence-electron chi connectivity index (χ3n) is 19.4. The van der Waals surface area contributed by atoms with Crippen LogP contribution in [0.4, 0.5) is 0 Å². The summed E-state index contributed by atoms with van der Waals surface area (Å²) in [6.45, 7) is 25.2. The van der Waals surface area contributed by atoms with E-state index in [2.05, 4.69) is 80.8 Å². The van der Waals surface area contributed by atoms with Crippen LogP contribution in [0.2, 0.25) is 0 Å². The molecule has 1 aromatic heterocycles. The van der Waals surface area contributed by atoms with E-state index in [0.29, 0.717) is 53.2 Å². The predicted molar refractivity (Wildman–Crippen MR) is 240 cm³/mol. The van der Waals surface area contributed by atoms with Crippen molar-refractivity contribution in [3.8, 4) is 11.6 Å². The molecule has 1 saturated heterocycles. The molecule has 2 heterocycles. The summed E-state index contributed by atoms with van der Waals surface area (Å²) in [5.41, 5.74) is 5.26. The number of ether oxygens (including phenoxy) is 1. The molecule has 9 rings (SSSR count). The highest BCUT2D eigenvalue weighted by molar-refractivity contribution is 5.75. The van der Waals surface area contributed by atoms with Gasteiger partial charge in [-0.15, -0.1) is 5.10 Å². The Labute approximate surface area is 361 Å². The maximum Gasteiger partial charge on any atom is 0.313 e. The Balaban J connectivity index is 0.930. The minimum Gasteiger partial charge on any atom is -0.481 e. The largest absolute Gasteiger partial charge is 0.481 e. The number of piperidine rings is 1. The van der Waals surface area contributed by atoms with Gasteiger partial charge in [0.2, 0.25) is 5.88 Å². The molecule has 326 valence electrons. The van der Waals surface area contributed by atoms with Crippen molar-refractivity contribution in [1.82, 2.24) is 25.2 Å². The van der Waals surface area contributed by atoms with Gasteiger partial charge in [-0.2, -0.15) is 4.68 Å². The third kappa shape index (κ3) is 6.61. The van der Waals surface area contributed by atoms with Gasteiger partial charge in [0.25, 0.3) is 0 Å². The molecular weight excluding hydrogens is 743 g/mol. The van der Waals surface area contributed by atoms with Crippen LogP contribution in [-0.2, 0) is 4.79 Å². The summed E-state index contributed by atoms with van der Waals surface area (Å²) in [6, 6.07) is 9.72. The molecule has 0 radical (unpaired) electrons. The van der Waals surface area contributed by atoms with Gasteiger partial charge in [-0.1, -0.05) is 88.8 Å². The summed E-state index contributed by atoms with van der Waals surface area (Å²) in [5, 5.41) is 23.3. The van der Waals surface area contributed by atoms with Crippen molar-refractivity contribution in [3.05, 3.63) is 72.0 Å². The van der Waals surface area contributed by atoms with E-state index in [0.717, 1.165) is 31.0 Å². The number of nitrogens with one attached hydrogen (secondary N) is 1. The molecule has 1 aromatic carbocycles. The second-order valence-corrected chi connectivity index (χ2v) is 22.3. The maximum absolute atomic E-state index is 13.0. The zero-order valence-electron chi connectivity index (χ0n) is 37.9. The number of carboxylic acid groups (broad SMARTS) is 1. The Morgan fingerprint density at radius 1 is 0.900 bits per heavy atom. The van der Waals surface area contributed by atoms with Crippen LogP contribution in [0.5, 0.6) is 5.88 Å². The monoisotopic (exact) mass is 818 g/mol.